The molecule has 2 rings (SSSR count). The molecule has 0 aliphatic rings. The average Bonchev–Trinajstić information content (AvgIpc) is 2.39. The second-order valence-electron chi connectivity index (χ2n) is 4.39. The lowest BCUT2D eigenvalue weighted by Crippen LogP contribution is -2.16. The maximum atomic E-state index is 12.8. The number of anilines is 1. The molecule has 0 aliphatic heterocycles. The van der Waals surface area contributed by atoms with Crippen LogP contribution in [0.1, 0.15) is 17.2 Å². The van der Waals surface area contributed by atoms with Crippen LogP contribution < -0.4 is 5.32 Å². The Kier molecular flexibility index (Phi) is 4.40. The van der Waals surface area contributed by atoms with Crippen LogP contribution in [0.3, 0.4) is 0 Å². The van der Waals surface area contributed by atoms with Crippen LogP contribution in [0.15, 0.2) is 42.5 Å². The summed E-state index contributed by atoms with van der Waals surface area (Å²) in [5.41, 5.74) is 2.73. The number of halogens is 2. The van der Waals surface area contributed by atoms with Crippen LogP contribution in [0, 0.1) is 12.7 Å². The van der Waals surface area contributed by atoms with E-state index in [0.29, 0.717) is 5.02 Å². The molecule has 0 fully saturated rings. The summed E-state index contributed by atoms with van der Waals surface area (Å²) in [5.74, 6) is -0.284. The molecular weight excluding hydrogens is 265 g/mol. The van der Waals surface area contributed by atoms with Crippen LogP contribution in [0.4, 0.5) is 10.1 Å². The number of nitrogens with one attached hydrogen (secondary N) is 1. The maximum Gasteiger partial charge on any atom is 0.123 e. The Morgan fingerprint density at radius 1 is 1.21 bits per heavy atom. The van der Waals surface area contributed by atoms with E-state index in [4.69, 9.17) is 11.6 Å². The van der Waals surface area contributed by atoms with E-state index < -0.39 is 0 Å². The zero-order valence-corrected chi connectivity index (χ0v) is 11.3. The van der Waals surface area contributed by atoms with Gasteiger partial charge in [-0.1, -0.05) is 17.7 Å². The van der Waals surface area contributed by atoms with E-state index in [1.807, 2.05) is 19.1 Å². The highest BCUT2D eigenvalue weighted by atomic mass is 35.5. The fourth-order valence-corrected chi connectivity index (χ4v) is 2.23. The van der Waals surface area contributed by atoms with Crippen LogP contribution in [-0.4, -0.2) is 11.7 Å². The highest BCUT2D eigenvalue weighted by Gasteiger charge is 2.13. The van der Waals surface area contributed by atoms with Crippen molar-refractivity contribution in [1.82, 2.24) is 0 Å². The fraction of sp³-hybridized carbons (Fsp3) is 0.200. The second kappa shape index (κ2) is 6.04. The molecule has 0 heterocycles. The topological polar surface area (TPSA) is 32.3 Å². The van der Waals surface area contributed by atoms with Gasteiger partial charge >= 0.3 is 0 Å². The number of aryl methyl sites for hydroxylation is 1. The molecule has 2 nitrogen and oxygen atoms in total. The third-order valence-electron chi connectivity index (χ3n) is 2.97. The highest BCUT2D eigenvalue weighted by Crippen LogP contribution is 2.24. The summed E-state index contributed by atoms with van der Waals surface area (Å²) in [7, 11) is 0. The van der Waals surface area contributed by atoms with E-state index in [0.717, 1.165) is 16.8 Å². The lowest BCUT2D eigenvalue weighted by molar-refractivity contribution is 0.276. The van der Waals surface area contributed by atoms with Gasteiger partial charge in [0.2, 0.25) is 0 Å². The second-order valence-corrected chi connectivity index (χ2v) is 4.82. The average molecular weight is 280 g/mol. The smallest absolute Gasteiger partial charge is 0.123 e. The molecule has 0 radical (unpaired) electrons. The minimum atomic E-state index is -0.284. The summed E-state index contributed by atoms with van der Waals surface area (Å²) in [6.07, 6.45) is 0. The number of aliphatic hydroxyl groups excluding tert-OH is 1. The van der Waals surface area contributed by atoms with Crippen LogP contribution in [0.2, 0.25) is 5.02 Å². The number of hydrogen-bond donors (Lipinski definition) is 2. The van der Waals surface area contributed by atoms with E-state index in [1.165, 1.54) is 12.1 Å². The van der Waals surface area contributed by atoms with E-state index in [2.05, 4.69) is 5.32 Å². The van der Waals surface area contributed by atoms with Crippen molar-refractivity contribution in [2.75, 3.05) is 11.9 Å². The summed E-state index contributed by atoms with van der Waals surface area (Å²) in [4.78, 5) is 0. The lowest BCUT2D eigenvalue weighted by atomic mass is 10.0. The molecule has 2 N–H and O–H groups in total. The van der Waals surface area contributed by atoms with Crippen molar-refractivity contribution in [3.63, 3.8) is 0 Å². The quantitative estimate of drug-likeness (QED) is 0.889. The van der Waals surface area contributed by atoms with Crippen molar-refractivity contribution < 1.29 is 9.50 Å². The zero-order valence-electron chi connectivity index (χ0n) is 10.5. The third-order valence-corrected chi connectivity index (χ3v) is 3.21. The number of benzene rings is 2. The third kappa shape index (κ3) is 3.46. The number of hydrogen-bond acceptors (Lipinski definition) is 2. The Hall–Kier alpha value is -1.58. The molecular formula is C15H15ClFNO. The summed E-state index contributed by atoms with van der Waals surface area (Å²) in [5, 5.41) is 13.4. The Balaban J connectivity index is 2.22. The summed E-state index contributed by atoms with van der Waals surface area (Å²) in [6.45, 7) is 1.88. The molecule has 0 saturated carbocycles. The molecule has 0 bridgehead atoms. The molecule has 0 amide bonds. The van der Waals surface area contributed by atoms with Gasteiger partial charge in [0.1, 0.15) is 5.82 Å². The zero-order chi connectivity index (χ0) is 13.8. The lowest BCUT2D eigenvalue weighted by Gasteiger charge is -2.20. The predicted molar refractivity (Wildman–Crippen MR) is 76.0 cm³/mol. The van der Waals surface area contributed by atoms with Crippen LogP contribution >= 0.6 is 11.6 Å². The van der Waals surface area contributed by atoms with Crippen molar-refractivity contribution in [1.29, 1.82) is 0 Å². The molecule has 0 spiro atoms. The van der Waals surface area contributed by atoms with Gasteiger partial charge in [-0.2, -0.15) is 0 Å². The first-order valence-corrected chi connectivity index (χ1v) is 6.37. The van der Waals surface area contributed by atoms with E-state index in [-0.39, 0.29) is 18.5 Å². The summed E-state index contributed by atoms with van der Waals surface area (Å²) < 4.78 is 12.8. The van der Waals surface area contributed by atoms with Gasteiger partial charge in [0.15, 0.2) is 0 Å². The van der Waals surface area contributed by atoms with Gasteiger partial charge < -0.3 is 10.4 Å². The molecule has 2 aromatic rings. The molecule has 2 aromatic carbocycles. The van der Waals surface area contributed by atoms with Gasteiger partial charge in [0, 0.05) is 10.7 Å². The Bertz CT molecular complexity index is 557. The monoisotopic (exact) mass is 279 g/mol. The first kappa shape index (κ1) is 13.8. The largest absolute Gasteiger partial charge is 0.394 e. The Labute approximate surface area is 116 Å². The molecule has 100 valence electrons. The minimum absolute atomic E-state index is 0.0557. The van der Waals surface area contributed by atoms with Crippen molar-refractivity contribution in [3.05, 3.63) is 64.4 Å². The van der Waals surface area contributed by atoms with Gasteiger partial charge in [0.25, 0.3) is 0 Å². The molecule has 0 saturated heterocycles. The molecule has 19 heavy (non-hydrogen) atoms. The van der Waals surface area contributed by atoms with Crippen LogP contribution in [-0.2, 0) is 0 Å². The van der Waals surface area contributed by atoms with Crippen LogP contribution in [0.5, 0.6) is 0 Å². The van der Waals surface area contributed by atoms with Crippen molar-refractivity contribution in [3.8, 4) is 0 Å². The maximum absolute atomic E-state index is 12.8. The molecule has 0 aliphatic carbocycles. The van der Waals surface area contributed by atoms with Crippen molar-refractivity contribution in [2.24, 2.45) is 0 Å². The molecule has 0 aromatic heterocycles. The van der Waals surface area contributed by atoms with Gasteiger partial charge in [-0.25, -0.2) is 4.39 Å². The first-order valence-electron chi connectivity index (χ1n) is 5.99. The highest BCUT2D eigenvalue weighted by molar-refractivity contribution is 6.30. The van der Waals surface area contributed by atoms with E-state index >= 15 is 0 Å². The van der Waals surface area contributed by atoms with Crippen LogP contribution in [0.25, 0.3) is 0 Å². The normalized spacial score (nSPS) is 12.2. The summed E-state index contributed by atoms with van der Waals surface area (Å²) in [6, 6.07) is 11.3. The van der Waals surface area contributed by atoms with Crippen molar-refractivity contribution in [2.45, 2.75) is 13.0 Å². The van der Waals surface area contributed by atoms with Gasteiger partial charge in [-0.3, -0.25) is 0 Å². The van der Waals surface area contributed by atoms with E-state index in [9.17, 15) is 9.50 Å². The van der Waals surface area contributed by atoms with E-state index in [1.54, 1.807) is 18.2 Å². The van der Waals surface area contributed by atoms with Gasteiger partial charge in [0.05, 0.1) is 12.6 Å². The number of rotatable bonds is 4. The molecule has 1 atom stereocenters. The SMILES string of the molecule is Cc1cc(Cl)ccc1C(CO)Nc1ccc(F)cc1. The van der Waals surface area contributed by atoms with Gasteiger partial charge in [-0.15, -0.1) is 0 Å². The predicted octanol–water partition coefficient (Wildman–Crippen LogP) is 3.93. The molecule has 4 heteroatoms. The Morgan fingerprint density at radius 2 is 1.89 bits per heavy atom. The fourth-order valence-electron chi connectivity index (χ4n) is 2.00. The standard InChI is InChI=1S/C15H15ClFNO/c1-10-8-11(16)2-7-14(10)15(9-19)18-13-5-3-12(17)4-6-13/h2-8,15,18-19H,9H2,1H3. The minimum Gasteiger partial charge on any atom is -0.394 e. The number of aliphatic hydroxyl groups is 1. The summed E-state index contributed by atoms with van der Waals surface area (Å²) >= 11 is 5.92. The first-order chi connectivity index (χ1) is 9.10. The van der Waals surface area contributed by atoms with Crippen molar-refractivity contribution >= 4 is 17.3 Å². The van der Waals surface area contributed by atoms with Gasteiger partial charge in [-0.05, 0) is 54.4 Å². The molecule has 1 unspecified atom stereocenters. The Morgan fingerprint density at radius 3 is 2.47 bits per heavy atom.